The molecule has 1 aromatic carbocycles. The Bertz CT molecular complexity index is 985. The van der Waals surface area contributed by atoms with Gasteiger partial charge >= 0.3 is 0 Å². The molecule has 2 atom stereocenters. The molecule has 2 N–H and O–H groups in total. The molecule has 0 radical (unpaired) electrons. The van der Waals surface area contributed by atoms with Gasteiger partial charge in [0, 0.05) is 13.1 Å². The first-order chi connectivity index (χ1) is 12.9. The summed E-state index contributed by atoms with van der Waals surface area (Å²) in [7, 11) is -3.74. The highest BCUT2D eigenvalue weighted by atomic mass is 32.2. The Kier molecular flexibility index (Phi) is 4.51. The van der Waals surface area contributed by atoms with Gasteiger partial charge in [-0.3, -0.25) is 4.79 Å². The maximum Gasteiger partial charge on any atom is 0.243 e. The molecule has 0 unspecified atom stereocenters. The monoisotopic (exact) mass is 390 g/mol. The SMILES string of the molecule is Cc1noc([C@@H]2CN(S(=O)(=O)c3ccc4c(c3)CCCC4)C[C@H]2C(N)=O)n1. The molecule has 8 nitrogen and oxygen atoms in total. The number of carbonyl (C=O) groups is 1. The number of aryl methyl sites for hydroxylation is 3. The van der Waals surface area contributed by atoms with Gasteiger partial charge in [-0.25, -0.2) is 8.42 Å². The molecular weight excluding hydrogens is 368 g/mol. The summed E-state index contributed by atoms with van der Waals surface area (Å²) < 4.78 is 32.8. The van der Waals surface area contributed by atoms with Gasteiger partial charge in [0.1, 0.15) is 0 Å². The van der Waals surface area contributed by atoms with E-state index in [1.54, 1.807) is 19.1 Å². The quantitative estimate of drug-likeness (QED) is 0.836. The van der Waals surface area contributed by atoms with Crippen LogP contribution in [0, 0.1) is 12.8 Å². The number of aromatic nitrogens is 2. The lowest BCUT2D eigenvalue weighted by Crippen LogP contribution is -2.32. The van der Waals surface area contributed by atoms with Crippen molar-refractivity contribution in [2.45, 2.75) is 43.4 Å². The lowest BCUT2D eigenvalue weighted by Gasteiger charge is -2.20. The van der Waals surface area contributed by atoms with Crippen molar-refractivity contribution in [3.05, 3.63) is 41.0 Å². The van der Waals surface area contributed by atoms with Gasteiger partial charge in [-0.1, -0.05) is 11.2 Å². The second kappa shape index (κ2) is 6.72. The predicted octanol–water partition coefficient (Wildman–Crippen LogP) is 1.15. The van der Waals surface area contributed by atoms with Crippen molar-refractivity contribution in [2.24, 2.45) is 11.7 Å². The second-order valence-corrected chi connectivity index (χ2v) is 9.19. The van der Waals surface area contributed by atoms with Crippen molar-refractivity contribution < 1.29 is 17.7 Å². The molecule has 2 aliphatic rings. The molecule has 1 amide bonds. The first kappa shape index (κ1) is 18.1. The molecule has 1 fully saturated rings. The van der Waals surface area contributed by atoms with Crippen molar-refractivity contribution in [3.8, 4) is 0 Å². The van der Waals surface area contributed by atoms with Crippen LogP contribution in [0.25, 0.3) is 0 Å². The molecule has 0 spiro atoms. The molecular formula is C18H22N4O4S. The minimum absolute atomic E-state index is 0.0147. The lowest BCUT2D eigenvalue weighted by atomic mass is 9.92. The maximum atomic E-state index is 13.2. The van der Waals surface area contributed by atoms with Crippen molar-refractivity contribution in [2.75, 3.05) is 13.1 Å². The highest BCUT2D eigenvalue weighted by Gasteiger charge is 2.45. The maximum absolute atomic E-state index is 13.2. The number of amides is 1. The summed E-state index contributed by atoms with van der Waals surface area (Å²) in [4.78, 5) is 16.3. The van der Waals surface area contributed by atoms with E-state index in [0.29, 0.717) is 5.82 Å². The van der Waals surface area contributed by atoms with Crippen molar-refractivity contribution in [3.63, 3.8) is 0 Å². The van der Waals surface area contributed by atoms with Crippen LogP contribution in [-0.4, -0.2) is 41.9 Å². The zero-order valence-corrected chi connectivity index (χ0v) is 15.9. The van der Waals surface area contributed by atoms with Gasteiger partial charge in [-0.15, -0.1) is 0 Å². The normalized spacial score (nSPS) is 23.3. The van der Waals surface area contributed by atoms with Crippen LogP contribution in [0.3, 0.4) is 0 Å². The first-order valence-corrected chi connectivity index (χ1v) is 10.5. The average molecular weight is 390 g/mol. The number of primary amides is 1. The smallest absolute Gasteiger partial charge is 0.243 e. The summed E-state index contributed by atoms with van der Waals surface area (Å²) in [6.07, 6.45) is 4.09. The predicted molar refractivity (Wildman–Crippen MR) is 96.3 cm³/mol. The number of hydrogen-bond donors (Lipinski definition) is 1. The van der Waals surface area contributed by atoms with Crippen molar-refractivity contribution >= 4 is 15.9 Å². The van der Waals surface area contributed by atoms with E-state index in [1.807, 2.05) is 6.07 Å². The topological polar surface area (TPSA) is 119 Å². The van der Waals surface area contributed by atoms with Gasteiger partial charge in [0.15, 0.2) is 5.82 Å². The van der Waals surface area contributed by atoms with E-state index < -0.39 is 27.8 Å². The minimum atomic E-state index is -3.74. The highest BCUT2D eigenvalue weighted by molar-refractivity contribution is 7.89. The number of benzene rings is 1. The van der Waals surface area contributed by atoms with Crippen LogP contribution < -0.4 is 5.73 Å². The number of sulfonamides is 1. The fraction of sp³-hybridized carbons (Fsp3) is 0.500. The minimum Gasteiger partial charge on any atom is -0.369 e. The molecule has 1 saturated heterocycles. The molecule has 2 aromatic rings. The third-order valence-corrected chi connectivity index (χ3v) is 7.30. The van der Waals surface area contributed by atoms with Crippen LogP contribution >= 0.6 is 0 Å². The summed E-state index contributed by atoms with van der Waals surface area (Å²) >= 11 is 0. The molecule has 2 heterocycles. The van der Waals surface area contributed by atoms with Crippen LogP contribution in [0.1, 0.15) is 41.6 Å². The standard InChI is InChI=1S/C18H22N4O4S/c1-11-20-18(26-21-11)16-10-22(9-15(16)17(19)23)27(24,25)14-7-6-12-4-2-3-5-13(12)8-14/h6-8,15-16H,2-5,9-10H2,1H3,(H2,19,23)/t15-,16-/m1/s1. The zero-order chi connectivity index (χ0) is 19.2. The Morgan fingerprint density at radius 3 is 2.63 bits per heavy atom. The van der Waals surface area contributed by atoms with Crippen molar-refractivity contribution in [1.29, 1.82) is 0 Å². The van der Waals surface area contributed by atoms with Gasteiger partial charge in [-0.05, 0) is 55.9 Å². The molecule has 27 heavy (non-hydrogen) atoms. The molecule has 0 bridgehead atoms. The molecule has 0 saturated carbocycles. The number of rotatable bonds is 4. The summed E-state index contributed by atoms with van der Waals surface area (Å²) in [5.74, 6) is -1.11. The number of fused-ring (bicyclic) bond motifs is 1. The van der Waals surface area contributed by atoms with E-state index in [2.05, 4.69) is 10.1 Å². The lowest BCUT2D eigenvalue weighted by molar-refractivity contribution is -0.121. The van der Waals surface area contributed by atoms with E-state index in [4.69, 9.17) is 10.3 Å². The Balaban J connectivity index is 1.65. The van der Waals surface area contributed by atoms with Gasteiger partial charge < -0.3 is 10.3 Å². The van der Waals surface area contributed by atoms with Crippen LogP contribution in [0.5, 0.6) is 0 Å². The summed E-state index contributed by atoms with van der Waals surface area (Å²) in [5.41, 5.74) is 7.83. The Hall–Kier alpha value is -2.26. The molecule has 4 rings (SSSR count). The van der Waals surface area contributed by atoms with Gasteiger partial charge in [0.2, 0.25) is 21.8 Å². The fourth-order valence-corrected chi connectivity index (χ4v) is 5.53. The summed E-state index contributed by atoms with van der Waals surface area (Å²) in [5, 5.41) is 3.74. The van der Waals surface area contributed by atoms with E-state index in [0.717, 1.165) is 31.2 Å². The Morgan fingerprint density at radius 1 is 1.22 bits per heavy atom. The molecule has 1 aliphatic carbocycles. The number of nitrogens with two attached hydrogens (primary N) is 1. The summed E-state index contributed by atoms with van der Waals surface area (Å²) in [6, 6.07) is 5.33. The van der Waals surface area contributed by atoms with Crippen LogP contribution in [0.15, 0.2) is 27.6 Å². The van der Waals surface area contributed by atoms with Gasteiger partial charge in [-0.2, -0.15) is 9.29 Å². The van der Waals surface area contributed by atoms with Gasteiger partial charge in [0.05, 0.1) is 16.7 Å². The summed E-state index contributed by atoms with van der Waals surface area (Å²) in [6.45, 7) is 1.78. The fourth-order valence-electron chi connectivity index (χ4n) is 3.99. The van der Waals surface area contributed by atoms with Crippen LogP contribution in [0.4, 0.5) is 0 Å². The van der Waals surface area contributed by atoms with E-state index in [9.17, 15) is 13.2 Å². The second-order valence-electron chi connectivity index (χ2n) is 7.25. The number of nitrogens with zero attached hydrogens (tertiary/aromatic N) is 3. The number of hydrogen-bond acceptors (Lipinski definition) is 6. The zero-order valence-electron chi connectivity index (χ0n) is 15.1. The third kappa shape index (κ3) is 3.25. The van der Waals surface area contributed by atoms with E-state index >= 15 is 0 Å². The number of carbonyl (C=O) groups excluding carboxylic acids is 1. The first-order valence-electron chi connectivity index (χ1n) is 9.08. The van der Waals surface area contributed by atoms with Crippen LogP contribution in [-0.2, 0) is 27.7 Å². The van der Waals surface area contributed by atoms with Crippen LogP contribution in [0.2, 0.25) is 0 Å². The molecule has 1 aromatic heterocycles. The average Bonchev–Trinajstić information content (AvgIpc) is 3.28. The molecule has 144 valence electrons. The molecule has 9 heteroatoms. The third-order valence-electron chi connectivity index (χ3n) is 5.47. The Morgan fingerprint density at radius 2 is 1.96 bits per heavy atom. The molecule has 1 aliphatic heterocycles. The Labute approximate surface area is 157 Å². The highest BCUT2D eigenvalue weighted by Crippen LogP contribution is 2.35. The van der Waals surface area contributed by atoms with E-state index in [-0.39, 0.29) is 23.9 Å². The van der Waals surface area contributed by atoms with Crippen molar-refractivity contribution in [1.82, 2.24) is 14.4 Å². The van der Waals surface area contributed by atoms with E-state index in [1.165, 1.54) is 9.87 Å². The van der Waals surface area contributed by atoms with Gasteiger partial charge in [0.25, 0.3) is 0 Å². The largest absolute Gasteiger partial charge is 0.369 e.